The van der Waals surface area contributed by atoms with E-state index in [0.717, 1.165) is 12.1 Å². The minimum Gasteiger partial charge on any atom is -0.496 e. The van der Waals surface area contributed by atoms with Crippen LogP contribution in [0.25, 0.3) is 5.69 Å². The fourth-order valence-electron chi connectivity index (χ4n) is 2.53. The minimum absolute atomic E-state index is 0.395. The van der Waals surface area contributed by atoms with Gasteiger partial charge in [0.05, 0.1) is 36.5 Å². The van der Waals surface area contributed by atoms with Crippen molar-refractivity contribution in [3.63, 3.8) is 0 Å². The molecule has 0 saturated carbocycles. The average molecular weight is 363 g/mol. The normalized spacial score (nSPS) is 11.3. The number of rotatable bonds is 6. The third-order valence-electron chi connectivity index (χ3n) is 3.81. The van der Waals surface area contributed by atoms with Gasteiger partial charge in [0.2, 0.25) is 5.88 Å². The summed E-state index contributed by atoms with van der Waals surface area (Å²) in [6.07, 6.45) is 2.40. The molecule has 0 unspecified atom stereocenters. The number of methoxy groups -OCH3 is 1. The Kier molecular flexibility index (Phi) is 5.99. The van der Waals surface area contributed by atoms with Gasteiger partial charge < -0.3 is 9.47 Å². The van der Waals surface area contributed by atoms with E-state index in [2.05, 4.69) is 10.1 Å². The molecular weight excluding hydrogens is 342 g/mol. The lowest BCUT2D eigenvalue weighted by Gasteiger charge is -2.12. The monoisotopic (exact) mass is 363 g/mol. The molecule has 1 heterocycles. The topological polar surface area (TPSA) is 65.7 Å². The van der Waals surface area contributed by atoms with E-state index in [1.54, 1.807) is 41.2 Å². The molecule has 0 aliphatic heterocycles. The van der Waals surface area contributed by atoms with Crippen LogP contribution in [0.2, 0.25) is 0 Å². The Morgan fingerprint density at radius 1 is 1.11 bits per heavy atom. The van der Waals surface area contributed by atoms with Gasteiger partial charge in [0.15, 0.2) is 0 Å². The molecule has 6 nitrogen and oxygen atoms in total. The molecule has 1 aromatic heterocycles. The number of aromatic nitrogens is 2. The van der Waals surface area contributed by atoms with Crippen LogP contribution in [0, 0.1) is 0 Å². The zero-order chi connectivity index (χ0) is 19.1. The predicted molar refractivity (Wildman–Crippen MR) is 102 cm³/mol. The highest BCUT2D eigenvalue weighted by atomic mass is 16.5. The molecule has 0 aliphatic carbocycles. The van der Waals surface area contributed by atoms with Crippen LogP contribution in [0.4, 0.5) is 0 Å². The number of benzene rings is 2. The molecular formula is C21H21N3O3. The number of amides is 1. The van der Waals surface area contributed by atoms with Crippen LogP contribution < -0.4 is 14.8 Å². The minimum atomic E-state index is -0.395. The van der Waals surface area contributed by atoms with E-state index in [4.69, 9.17) is 9.47 Å². The van der Waals surface area contributed by atoms with Crippen molar-refractivity contribution >= 4 is 5.91 Å². The summed E-state index contributed by atoms with van der Waals surface area (Å²) in [6.45, 7) is 2.57. The first kappa shape index (κ1) is 18.4. The van der Waals surface area contributed by atoms with Crippen molar-refractivity contribution in [3.05, 3.63) is 77.8 Å². The largest absolute Gasteiger partial charge is 0.496 e. The average Bonchev–Trinajstić information content (AvgIpc) is 2.73. The molecule has 6 heteroatoms. The molecule has 2 aromatic carbocycles. The molecule has 3 rings (SSSR count). The lowest BCUT2D eigenvalue weighted by molar-refractivity contribution is 0.0995. The molecule has 138 valence electrons. The third kappa shape index (κ3) is 4.41. The second-order valence-electron chi connectivity index (χ2n) is 5.77. The number of nitrogens with zero attached hydrogens (tertiary/aromatic N) is 3. The van der Waals surface area contributed by atoms with Gasteiger partial charge in [0.1, 0.15) is 5.75 Å². The Bertz CT molecular complexity index is 981. The molecule has 0 spiro atoms. The standard InChI is InChI=1S/C21H21N3O3/c1-3-13-27-20-14-16(15-22-24(20)17-9-5-4-6-10-17)23-21(25)18-11-7-8-12-19(18)26-2/h4-12,14-15H,3,13H2,1-2H3. The molecule has 0 fully saturated rings. The molecule has 0 bridgehead atoms. The first-order valence-electron chi connectivity index (χ1n) is 8.72. The second kappa shape index (κ2) is 8.80. The first-order valence-corrected chi connectivity index (χ1v) is 8.72. The lowest BCUT2D eigenvalue weighted by Crippen LogP contribution is -2.15. The summed E-state index contributed by atoms with van der Waals surface area (Å²) >= 11 is 0. The summed E-state index contributed by atoms with van der Waals surface area (Å²) in [5.74, 6) is 0.613. The van der Waals surface area contributed by atoms with E-state index in [9.17, 15) is 4.79 Å². The maximum absolute atomic E-state index is 12.6. The summed E-state index contributed by atoms with van der Waals surface area (Å²) in [7, 11) is 1.52. The molecule has 27 heavy (non-hydrogen) atoms. The van der Waals surface area contributed by atoms with Crippen molar-refractivity contribution < 1.29 is 14.3 Å². The predicted octanol–water partition coefficient (Wildman–Crippen LogP) is 3.41. The smallest absolute Gasteiger partial charge is 0.281 e. The number of carbonyl (C=O) groups is 1. The van der Waals surface area contributed by atoms with Gasteiger partial charge in [-0.2, -0.15) is 5.10 Å². The van der Waals surface area contributed by atoms with Gasteiger partial charge in [-0.3, -0.25) is 4.79 Å². The molecule has 0 atom stereocenters. The van der Waals surface area contributed by atoms with Crippen molar-refractivity contribution in [1.82, 2.24) is 9.78 Å². The summed E-state index contributed by atoms with van der Waals surface area (Å²) < 4.78 is 12.7. The Morgan fingerprint density at radius 3 is 2.59 bits per heavy atom. The quantitative estimate of drug-likeness (QED) is 0.673. The fourth-order valence-corrected chi connectivity index (χ4v) is 2.53. The van der Waals surface area contributed by atoms with Crippen LogP contribution in [-0.2, 0) is 0 Å². The molecule has 1 amide bonds. The van der Waals surface area contributed by atoms with Gasteiger partial charge in [-0.05, 0) is 30.7 Å². The molecule has 0 radical (unpaired) electrons. The van der Waals surface area contributed by atoms with Gasteiger partial charge in [-0.1, -0.05) is 37.3 Å². The number of hydrogen-bond donors (Lipinski definition) is 0. The van der Waals surface area contributed by atoms with Crippen molar-refractivity contribution in [2.75, 3.05) is 13.7 Å². The van der Waals surface area contributed by atoms with Crippen molar-refractivity contribution in [2.24, 2.45) is 4.99 Å². The summed E-state index contributed by atoms with van der Waals surface area (Å²) in [4.78, 5) is 16.7. The zero-order valence-corrected chi connectivity index (χ0v) is 15.3. The maximum atomic E-state index is 12.6. The Morgan fingerprint density at radius 2 is 1.85 bits per heavy atom. The van der Waals surface area contributed by atoms with Gasteiger partial charge >= 0.3 is 0 Å². The number of ether oxygens (including phenoxy) is 2. The Labute approximate surface area is 157 Å². The van der Waals surface area contributed by atoms with E-state index in [1.165, 1.54) is 7.11 Å². The van der Waals surface area contributed by atoms with Gasteiger partial charge in [0.25, 0.3) is 5.91 Å². The molecule has 0 aliphatic rings. The highest BCUT2D eigenvalue weighted by Crippen LogP contribution is 2.18. The van der Waals surface area contributed by atoms with Crippen LogP contribution in [-0.4, -0.2) is 29.4 Å². The van der Waals surface area contributed by atoms with Crippen LogP contribution in [0.15, 0.2) is 71.9 Å². The van der Waals surface area contributed by atoms with Crippen molar-refractivity contribution in [1.29, 1.82) is 0 Å². The highest BCUT2D eigenvalue weighted by Gasteiger charge is 2.11. The van der Waals surface area contributed by atoms with E-state index < -0.39 is 5.91 Å². The van der Waals surface area contributed by atoms with Crippen molar-refractivity contribution in [3.8, 4) is 17.3 Å². The van der Waals surface area contributed by atoms with Gasteiger partial charge in [-0.25, -0.2) is 9.67 Å². The number of carbonyl (C=O) groups excluding carboxylic acids is 1. The highest BCUT2D eigenvalue weighted by molar-refractivity contribution is 5.97. The third-order valence-corrected chi connectivity index (χ3v) is 3.81. The number of hydrogen-bond acceptors (Lipinski definition) is 4. The van der Waals surface area contributed by atoms with Gasteiger partial charge in [-0.15, -0.1) is 0 Å². The summed E-state index contributed by atoms with van der Waals surface area (Å²) in [6, 6.07) is 18.4. The van der Waals surface area contributed by atoms with Crippen LogP contribution in [0.3, 0.4) is 0 Å². The SMILES string of the molecule is CCCOc1cc(=NC(=O)c2ccccc2OC)cnn1-c1ccccc1. The van der Waals surface area contributed by atoms with E-state index >= 15 is 0 Å². The second-order valence-corrected chi connectivity index (χ2v) is 5.77. The van der Waals surface area contributed by atoms with E-state index in [1.807, 2.05) is 37.3 Å². The molecule has 0 N–H and O–H groups in total. The van der Waals surface area contributed by atoms with E-state index in [-0.39, 0.29) is 0 Å². The van der Waals surface area contributed by atoms with Gasteiger partial charge in [0, 0.05) is 6.07 Å². The molecule has 3 aromatic rings. The van der Waals surface area contributed by atoms with Crippen LogP contribution in [0.1, 0.15) is 23.7 Å². The van der Waals surface area contributed by atoms with Crippen LogP contribution >= 0.6 is 0 Å². The Hall–Kier alpha value is -3.41. The fraction of sp³-hybridized carbons (Fsp3) is 0.190. The summed E-state index contributed by atoms with van der Waals surface area (Å²) in [5.41, 5.74) is 1.27. The number of para-hydroxylation sites is 2. The van der Waals surface area contributed by atoms with E-state index in [0.29, 0.717) is 29.2 Å². The first-order chi connectivity index (χ1) is 13.2. The van der Waals surface area contributed by atoms with Crippen molar-refractivity contribution in [2.45, 2.75) is 13.3 Å². The summed E-state index contributed by atoms with van der Waals surface area (Å²) in [5, 5.41) is 4.83. The zero-order valence-electron chi connectivity index (χ0n) is 15.3. The van der Waals surface area contributed by atoms with Crippen LogP contribution in [0.5, 0.6) is 11.6 Å². The maximum Gasteiger partial charge on any atom is 0.281 e. The molecule has 0 saturated heterocycles. The Balaban J connectivity index is 2.01. The lowest BCUT2D eigenvalue weighted by atomic mass is 10.2.